The summed E-state index contributed by atoms with van der Waals surface area (Å²) in [6.45, 7) is 0. The summed E-state index contributed by atoms with van der Waals surface area (Å²) in [6, 6.07) is 7.42. The highest BCUT2D eigenvalue weighted by Gasteiger charge is 2.06. The maximum absolute atomic E-state index is 10.4. The van der Waals surface area contributed by atoms with Crippen LogP contribution in [0.4, 0.5) is 0 Å². The molecule has 0 heterocycles. The number of nitrogens with zero attached hydrogens (tertiary/aromatic N) is 1. The fourth-order valence-corrected chi connectivity index (χ4v) is 2.15. The lowest BCUT2D eigenvalue weighted by atomic mass is 9.99. The molecule has 0 atom stereocenters. The van der Waals surface area contributed by atoms with Gasteiger partial charge in [-0.25, -0.2) is 0 Å². The summed E-state index contributed by atoms with van der Waals surface area (Å²) in [4.78, 5) is -0.0741. The molecule has 1 saturated carbocycles. The first-order chi connectivity index (χ1) is 8.54. The zero-order chi connectivity index (χ0) is 13.4. The molecule has 1 aromatic carbocycles. The highest BCUT2D eigenvalue weighted by atomic mass is 32.2. The van der Waals surface area contributed by atoms with Crippen molar-refractivity contribution < 1.29 is 18.2 Å². The minimum atomic E-state index is -4.00. The van der Waals surface area contributed by atoms with E-state index in [1.165, 1.54) is 31.4 Å². The average Bonchev–Trinajstić information content (AvgIpc) is 2.40. The normalized spacial score (nSPS) is 15.5. The van der Waals surface area contributed by atoms with Crippen molar-refractivity contribution in [3.8, 4) is 0 Å². The first-order valence-corrected chi connectivity index (χ1v) is 7.20. The zero-order valence-electron chi connectivity index (χ0n) is 9.99. The Hall–Kier alpha value is -1.40. The molecule has 0 saturated heterocycles. The van der Waals surface area contributed by atoms with E-state index in [1.807, 2.05) is 0 Å². The molecule has 0 spiro atoms. The third kappa shape index (κ3) is 5.29. The van der Waals surface area contributed by atoms with E-state index in [-0.39, 0.29) is 4.90 Å². The topological polar surface area (TPSA) is 87.0 Å². The second kappa shape index (κ2) is 7.13. The van der Waals surface area contributed by atoms with Gasteiger partial charge in [0.1, 0.15) is 0 Å². The summed E-state index contributed by atoms with van der Waals surface area (Å²) < 4.78 is 29.2. The van der Waals surface area contributed by atoms with Gasteiger partial charge in [0.05, 0.1) is 10.6 Å². The van der Waals surface area contributed by atoms with E-state index in [2.05, 4.69) is 5.16 Å². The lowest BCUT2D eigenvalue weighted by molar-refractivity contribution is 0.314. The molecular weight excluding hydrogens is 254 g/mol. The van der Waals surface area contributed by atoms with Gasteiger partial charge in [0.25, 0.3) is 10.1 Å². The predicted molar refractivity (Wildman–Crippen MR) is 68.6 cm³/mol. The van der Waals surface area contributed by atoms with E-state index in [9.17, 15) is 8.42 Å². The lowest BCUT2D eigenvalue weighted by Gasteiger charge is -2.08. The van der Waals surface area contributed by atoms with E-state index in [4.69, 9.17) is 9.76 Å². The van der Waals surface area contributed by atoms with Crippen LogP contribution in [0.2, 0.25) is 0 Å². The van der Waals surface area contributed by atoms with Crippen LogP contribution in [0.5, 0.6) is 0 Å². The van der Waals surface area contributed by atoms with Crippen molar-refractivity contribution in [1.29, 1.82) is 0 Å². The molecule has 1 aromatic rings. The Morgan fingerprint density at radius 3 is 1.89 bits per heavy atom. The van der Waals surface area contributed by atoms with Crippen LogP contribution in [0.3, 0.4) is 0 Å². The van der Waals surface area contributed by atoms with Crippen LogP contribution in [0, 0.1) is 0 Å². The molecular formula is C12H17NO4S. The van der Waals surface area contributed by atoms with Crippen LogP contribution >= 0.6 is 0 Å². The van der Waals surface area contributed by atoms with Crippen LogP contribution in [0.25, 0.3) is 0 Å². The van der Waals surface area contributed by atoms with Crippen molar-refractivity contribution in [2.75, 3.05) is 0 Å². The summed E-state index contributed by atoms with van der Waals surface area (Å²) in [5, 5.41) is 11.4. The third-order valence-corrected chi connectivity index (χ3v) is 3.48. The molecule has 1 fully saturated rings. The molecule has 6 heteroatoms. The lowest BCUT2D eigenvalue weighted by Crippen LogP contribution is -2.03. The van der Waals surface area contributed by atoms with Crippen molar-refractivity contribution in [3.63, 3.8) is 0 Å². The maximum Gasteiger partial charge on any atom is 0.294 e. The quantitative estimate of drug-likeness (QED) is 0.467. The highest BCUT2D eigenvalue weighted by Crippen LogP contribution is 2.13. The molecule has 0 amide bonds. The number of benzene rings is 1. The van der Waals surface area contributed by atoms with Crippen LogP contribution in [-0.4, -0.2) is 23.9 Å². The van der Waals surface area contributed by atoms with E-state index in [1.54, 1.807) is 18.2 Å². The molecule has 5 nitrogen and oxygen atoms in total. The van der Waals surface area contributed by atoms with Crippen molar-refractivity contribution >= 4 is 15.8 Å². The Bertz CT molecular complexity index is 474. The van der Waals surface area contributed by atoms with Crippen molar-refractivity contribution in [2.45, 2.75) is 37.0 Å². The number of hydrogen-bond donors (Lipinski definition) is 2. The monoisotopic (exact) mass is 271 g/mol. The Labute approximate surface area is 107 Å². The van der Waals surface area contributed by atoms with Crippen LogP contribution in [-0.2, 0) is 10.1 Å². The van der Waals surface area contributed by atoms with Crippen molar-refractivity contribution in [1.82, 2.24) is 0 Å². The molecule has 18 heavy (non-hydrogen) atoms. The van der Waals surface area contributed by atoms with E-state index < -0.39 is 10.1 Å². The Kier molecular flexibility index (Phi) is 5.80. The molecule has 0 radical (unpaired) electrons. The molecule has 0 bridgehead atoms. The largest absolute Gasteiger partial charge is 0.411 e. The molecule has 0 aromatic heterocycles. The van der Waals surface area contributed by atoms with Gasteiger partial charge < -0.3 is 5.21 Å². The summed E-state index contributed by atoms with van der Waals surface area (Å²) in [7, 11) is -4.00. The fourth-order valence-electron chi connectivity index (χ4n) is 1.65. The smallest absolute Gasteiger partial charge is 0.294 e. The fraction of sp³-hybridized carbons (Fsp3) is 0.417. The SMILES string of the molecule is O=S(=O)(O)c1ccccc1.ON=C1CCCCC1. The summed E-state index contributed by atoms with van der Waals surface area (Å²) in [5.41, 5.74) is 0.983. The number of oxime groups is 1. The standard InChI is InChI=1S/C6H11NO.C6H6O3S/c8-7-6-4-2-1-3-5-6;7-10(8,9)6-4-2-1-3-5-6/h8H,1-5H2;1-5H,(H,7,8,9). The van der Waals surface area contributed by atoms with E-state index in [0.29, 0.717) is 0 Å². The minimum absolute atomic E-state index is 0.0741. The van der Waals surface area contributed by atoms with Gasteiger partial charge in [-0.1, -0.05) is 29.8 Å². The van der Waals surface area contributed by atoms with Crippen molar-refractivity contribution in [3.05, 3.63) is 30.3 Å². The van der Waals surface area contributed by atoms with Gasteiger partial charge in [-0.3, -0.25) is 4.55 Å². The van der Waals surface area contributed by atoms with Crippen molar-refractivity contribution in [2.24, 2.45) is 5.16 Å². The Morgan fingerprint density at radius 2 is 1.56 bits per heavy atom. The minimum Gasteiger partial charge on any atom is -0.411 e. The molecule has 0 unspecified atom stereocenters. The van der Waals surface area contributed by atoms with Gasteiger partial charge in [-0.2, -0.15) is 8.42 Å². The van der Waals surface area contributed by atoms with Gasteiger partial charge in [0, 0.05) is 0 Å². The summed E-state index contributed by atoms with van der Waals surface area (Å²) >= 11 is 0. The molecule has 2 N–H and O–H groups in total. The number of rotatable bonds is 1. The van der Waals surface area contributed by atoms with Crippen LogP contribution < -0.4 is 0 Å². The highest BCUT2D eigenvalue weighted by molar-refractivity contribution is 7.85. The zero-order valence-corrected chi connectivity index (χ0v) is 10.8. The van der Waals surface area contributed by atoms with E-state index in [0.717, 1.165) is 18.6 Å². The molecule has 2 rings (SSSR count). The van der Waals surface area contributed by atoms with Gasteiger partial charge in [-0.05, 0) is 37.8 Å². The number of hydrogen-bond acceptors (Lipinski definition) is 4. The second-order valence-corrected chi connectivity index (χ2v) is 5.44. The predicted octanol–water partition coefficient (Wildman–Crippen LogP) is 2.71. The summed E-state index contributed by atoms with van der Waals surface area (Å²) in [5.74, 6) is 0. The van der Waals surface area contributed by atoms with E-state index >= 15 is 0 Å². The molecule has 1 aliphatic carbocycles. The summed E-state index contributed by atoms with van der Waals surface area (Å²) in [6.07, 6.45) is 5.74. The molecule has 1 aliphatic rings. The van der Waals surface area contributed by atoms with Gasteiger partial charge in [0.15, 0.2) is 0 Å². The molecule has 0 aliphatic heterocycles. The van der Waals surface area contributed by atoms with Gasteiger partial charge in [0.2, 0.25) is 0 Å². The van der Waals surface area contributed by atoms with Gasteiger partial charge >= 0.3 is 0 Å². The molecule has 100 valence electrons. The Balaban J connectivity index is 0.000000184. The Morgan fingerprint density at radius 1 is 1.00 bits per heavy atom. The first-order valence-electron chi connectivity index (χ1n) is 5.76. The maximum atomic E-state index is 10.4. The first kappa shape index (κ1) is 14.7. The second-order valence-electron chi connectivity index (χ2n) is 4.02. The van der Waals surface area contributed by atoms with Gasteiger partial charge in [-0.15, -0.1) is 0 Å². The average molecular weight is 271 g/mol. The third-order valence-electron chi connectivity index (χ3n) is 2.61. The van der Waals surface area contributed by atoms with Crippen LogP contribution in [0.15, 0.2) is 40.4 Å². The van der Waals surface area contributed by atoms with Crippen LogP contribution in [0.1, 0.15) is 32.1 Å².